The van der Waals surface area contributed by atoms with E-state index in [4.69, 9.17) is 51.7 Å². The molecule has 0 aliphatic rings. The topological polar surface area (TPSA) is 59.6 Å². The number of nitrogens with zero attached hydrogens (tertiary/aromatic N) is 2. The van der Waals surface area contributed by atoms with Gasteiger partial charge >= 0.3 is 6.18 Å². The van der Waals surface area contributed by atoms with Crippen molar-refractivity contribution in [3.8, 4) is 12.1 Å². The van der Waals surface area contributed by atoms with E-state index in [-0.39, 0.29) is 42.6 Å². The molecule has 0 bridgehead atoms. The minimum Gasteiger partial charge on any atom is -0.352 e. The first-order valence-electron chi connectivity index (χ1n) is 6.26. The van der Waals surface area contributed by atoms with Gasteiger partial charge in [0, 0.05) is 0 Å². The van der Waals surface area contributed by atoms with Crippen molar-refractivity contribution in [1.82, 2.24) is 0 Å². The maximum absolute atomic E-state index is 12.9. The molecule has 1 N–H and O–H groups in total. The fourth-order valence-electron chi connectivity index (χ4n) is 1.91. The minimum atomic E-state index is -4.59. The molecule has 0 heterocycles. The van der Waals surface area contributed by atoms with Crippen molar-refractivity contribution in [3.05, 3.63) is 55.0 Å². The van der Waals surface area contributed by atoms with E-state index in [0.717, 1.165) is 18.2 Å². The van der Waals surface area contributed by atoms with E-state index in [1.807, 2.05) is 0 Å². The Labute approximate surface area is 160 Å². The first kappa shape index (κ1) is 19.5. The highest BCUT2D eigenvalue weighted by atomic mass is 35.5. The molecule has 128 valence electrons. The summed E-state index contributed by atoms with van der Waals surface area (Å²) in [5.41, 5.74) is -1.74. The number of rotatable bonds is 2. The maximum Gasteiger partial charge on any atom is 0.416 e. The molecule has 10 heteroatoms. The van der Waals surface area contributed by atoms with Crippen molar-refractivity contribution in [2.24, 2.45) is 0 Å². The second-order valence-electron chi connectivity index (χ2n) is 4.61. The number of halogens is 7. The Morgan fingerprint density at radius 1 is 0.880 bits per heavy atom. The van der Waals surface area contributed by atoms with Gasteiger partial charge in [0.2, 0.25) is 0 Å². The van der Waals surface area contributed by atoms with Gasteiger partial charge in [0.15, 0.2) is 0 Å². The van der Waals surface area contributed by atoms with E-state index in [1.165, 1.54) is 0 Å². The third kappa shape index (κ3) is 3.73. The largest absolute Gasteiger partial charge is 0.416 e. The highest BCUT2D eigenvalue weighted by Crippen LogP contribution is 2.43. The minimum absolute atomic E-state index is 0.0513. The molecule has 2 aromatic carbocycles. The molecular formula is C15H4Cl4F3N3. The zero-order valence-electron chi connectivity index (χ0n) is 11.8. The number of anilines is 2. The lowest BCUT2D eigenvalue weighted by molar-refractivity contribution is -0.137. The van der Waals surface area contributed by atoms with E-state index in [1.54, 1.807) is 12.1 Å². The predicted molar refractivity (Wildman–Crippen MR) is 90.6 cm³/mol. The van der Waals surface area contributed by atoms with Crippen LogP contribution in [0.15, 0.2) is 18.2 Å². The summed E-state index contributed by atoms with van der Waals surface area (Å²) in [6, 6.07) is 6.04. The van der Waals surface area contributed by atoms with Crippen LogP contribution in [-0.2, 0) is 6.18 Å². The fraction of sp³-hybridized carbons (Fsp3) is 0.0667. The molecule has 2 aromatic rings. The second-order valence-corrected chi connectivity index (χ2v) is 6.15. The zero-order valence-corrected chi connectivity index (χ0v) is 14.8. The van der Waals surface area contributed by atoms with E-state index >= 15 is 0 Å². The van der Waals surface area contributed by atoms with Gasteiger partial charge in [-0.05, 0) is 18.2 Å². The summed E-state index contributed by atoms with van der Waals surface area (Å²) < 4.78 is 38.6. The van der Waals surface area contributed by atoms with E-state index < -0.39 is 11.7 Å². The van der Waals surface area contributed by atoms with Crippen LogP contribution in [0.5, 0.6) is 0 Å². The average Bonchev–Trinajstić information content (AvgIpc) is 2.54. The molecule has 0 radical (unpaired) electrons. The molecule has 0 saturated heterocycles. The lowest BCUT2D eigenvalue weighted by Crippen LogP contribution is -2.06. The Morgan fingerprint density at radius 2 is 1.48 bits per heavy atom. The van der Waals surface area contributed by atoms with E-state index in [0.29, 0.717) is 0 Å². The van der Waals surface area contributed by atoms with Crippen molar-refractivity contribution in [3.63, 3.8) is 0 Å². The molecule has 3 nitrogen and oxygen atoms in total. The van der Waals surface area contributed by atoms with Crippen molar-refractivity contribution in [2.45, 2.75) is 6.18 Å². The smallest absolute Gasteiger partial charge is 0.352 e. The number of hydrogen-bond donors (Lipinski definition) is 1. The average molecular weight is 425 g/mol. The van der Waals surface area contributed by atoms with Crippen molar-refractivity contribution >= 4 is 57.8 Å². The van der Waals surface area contributed by atoms with Crippen molar-refractivity contribution in [2.75, 3.05) is 5.32 Å². The van der Waals surface area contributed by atoms with Crippen molar-refractivity contribution in [1.29, 1.82) is 10.5 Å². The lowest BCUT2D eigenvalue weighted by atomic mass is 10.1. The summed E-state index contributed by atoms with van der Waals surface area (Å²) in [7, 11) is 0. The van der Waals surface area contributed by atoms with Crippen LogP contribution in [0.4, 0.5) is 24.5 Å². The molecule has 0 unspecified atom stereocenters. The van der Waals surface area contributed by atoms with E-state index in [2.05, 4.69) is 5.32 Å². The van der Waals surface area contributed by atoms with Gasteiger partial charge in [-0.15, -0.1) is 0 Å². The first-order valence-corrected chi connectivity index (χ1v) is 7.77. The molecular weight excluding hydrogens is 421 g/mol. The van der Waals surface area contributed by atoms with Gasteiger partial charge in [-0.25, -0.2) is 0 Å². The third-order valence-electron chi connectivity index (χ3n) is 3.10. The van der Waals surface area contributed by atoms with E-state index in [9.17, 15) is 18.4 Å². The fourth-order valence-corrected chi connectivity index (χ4v) is 2.87. The van der Waals surface area contributed by atoms with Crippen LogP contribution in [0, 0.1) is 22.7 Å². The maximum atomic E-state index is 12.9. The normalized spacial score (nSPS) is 10.9. The van der Waals surface area contributed by atoms with Gasteiger partial charge in [-0.1, -0.05) is 46.4 Å². The number of alkyl halides is 3. The highest BCUT2D eigenvalue weighted by Gasteiger charge is 2.31. The van der Waals surface area contributed by atoms with Crippen LogP contribution in [0.2, 0.25) is 20.1 Å². The van der Waals surface area contributed by atoms with Gasteiger partial charge in [-0.2, -0.15) is 23.7 Å². The molecule has 0 amide bonds. The summed E-state index contributed by atoms with van der Waals surface area (Å²) >= 11 is 23.9. The van der Waals surface area contributed by atoms with Crippen LogP contribution in [0.3, 0.4) is 0 Å². The van der Waals surface area contributed by atoms with Crippen LogP contribution in [0.25, 0.3) is 0 Å². The number of nitriles is 2. The summed E-state index contributed by atoms with van der Waals surface area (Å²) in [4.78, 5) is 0. The molecule has 0 aromatic heterocycles. The summed E-state index contributed by atoms with van der Waals surface area (Å²) in [5.74, 6) is 0. The molecule has 0 saturated carbocycles. The van der Waals surface area contributed by atoms with Crippen LogP contribution >= 0.6 is 46.4 Å². The van der Waals surface area contributed by atoms with Crippen molar-refractivity contribution < 1.29 is 13.2 Å². The van der Waals surface area contributed by atoms with Gasteiger partial charge < -0.3 is 5.32 Å². The van der Waals surface area contributed by atoms with Gasteiger partial charge in [0.25, 0.3) is 0 Å². The third-order valence-corrected chi connectivity index (χ3v) is 4.66. The summed E-state index contributed by atoms with van der Waals surface area (Å²) in [6.07, 6.45) is -4.59. The van der Waals surface area contributed by atoms with Gasteiger partial charge in [-0.3, -0.25) is 0 Å². The Balaban J connectivity index is 2.67. The first-order chi connectivity index (χ1) is 11.6. The summed E-state index contributed by atoms with van der Waals surface area (Å²) in [6.45, 7) is 0. The zero-order chi connectivity index (χ0) is 18.9. The van der Waals surface area contributed by atoms with Gasteiger partial charge in [0.1, 0.15) is 12.1 Å². The quantitative estimate of drug-likeness (QED) is 0.539. The molecule has 0 fully saturated rings. The Bertz CT molecular complexity index is 943. The summed E-state index contributed by atoms with van der Waals surface area (Å²) in [5, 5.41) is 20.0. The molecule has 2 rings (SSSR count). The molecule has 25 heavy (non-hydrogen) atoms. The Kier molecular flexibility index (Phi) is 5.61. The number of hydrogen-bond acceptors (Lipinski definition) is 3. The number of nitrogens with one attached hydrogen (secondary N) is 1. The number of benzene rings is 2. The lowest BCUT2D eigenvalue weighted by Gasteiger charge is -2.16. The van der Waals surface area contributed by atoms with Crippen LogP contribution in [0.1, 0.15) is 16.7 Å². The van der Waals surface area contributed by atoms with Gasteiger partial charge in [0.05, 0.1) is 48.2 Å². The molecule has 0 spiro atoms. The SMILES string of the molecule is N#Cc1c(Cl)c(Cl)c(Nc2cc(C(F)(F)F)ccc2Cl)c(C#N)c1Cl. The molecule has 0 aliphatic carbocycles. The standard InChI is InChI=1S/C15H4Cl4F3N3/c16-9-2-1-6(15(20,21)22)3-10(9)25-14-8(5-24)11(17)7(4-23)12(18)13(14)19/h1-3,25H. The predicted octanol–water partition coefficient (Wildman–Crippen LogP) is 6.81. The van der Waals surface area contributed by atoms with Crippen LogP contribution < -0.4 is 5.32 Å². The van der Waals surface area contributed by atoms with Crippen LogP contribution in [-0.4, -0.2) is 0 Å². The monoisotopic (exact) mass is 423 g/mol. The highest BCUT2D eigenvalue weighted by molar-refractivity contribution is 6.47. The second kappa shape index (κ2) is 7.19. The Morgan fingerprint density at radius 3 is 2.00 bits per heavy atom. The Hall–Kier alpha value is -1.83. The molecule has 0 atom stereocenters. The molecule has 0 aliphatic heterocycles.